The quantitative estimate of drug-likeness (QED) is 0.507. The first-order valence-electron chi connectivity index (χ1n) is 6.26. The van der Waals surface area contributed by atoms with Gasteiger partial charge in [0.2, 0.25) is 0 Å². The highest BCUT2D eigenvalue weighted by Crippen LogP contribution is 2.17. The normalized spacial score (nSPS) is 10.4. The minimum absolute atomic E-state index is 0.582. The first kappa shape index (κ1) is 13.4. The molecule has 1 aromatic carbocycles. The molecule has 1 aromatic rings. The van der Waals surface area contributed by atoms with E-state index in [0.717, 1.165) is 6.54 Å². The topological polar surface area (TPSA) is 12.0 Å². The van der Waals surface area contributed by atoms with Crippen LogP contribution in [0.4, 0.5) is 5.69 Å². The zero-order chi connectivity index (χ0) is 11.6. The van der Waals surface area contributed by atoms with E-state index in [-0.39, 0.29) is 0 Å². The Balaban J connectivity index is 2.21. The van der Waals surface area contributed by atoms with Crippen LogP contribution in [0.2, 0.25) is 0 Å². The molecule has 16 heavy (non-hydrogen) atoms. The Kier molecular flexibility index (Phi) is 7.07. The van der Waals surface area contributed by atoms with Gasteiger partial charge < -0.3 is 5.32 Å². The van der Waals surface area contributed by atoms with Gasteiger partial charge in [0.1, 0.15) is 0 Å². The number of alkyl halides is 1. The second-order valence-electron chi connectivity index (χ2n) is 4.13. The van der Waals surface area contributed by atoms with Crippen molar-refractivity contribution in [1.82, 2.24) is 0 Å². The van der Waals surface area contributed by atoms with E-state index < -0.39 is 0 Å². The lowest BCUT2D eigenvalue weighted by molar-refractivity contribution is 0.645. The lowest BCUT2D eigenvalue weighted by atomic mass is 10.1. The fraction of sp³-hybridized carbons (Fsp3) is 0.571. The number of hydrogen-bond acceptors (Lipinski definition) is 1. The van der Waals surface area contributed by atoms with E-state index in [2.05, 4.69) is 30.4 Å². The summed E-state index contributed by atoms with van der Waals surface area (Å²) < 4.78 is 0. The summed E-state index contributed by atoms with van der Waals surface area (Å²) in [4.78, 5) is 0. The van der Waals surface area contributed by atoms with Crippen molar-refractivity contribution in [2.75, 3.05) is 11.9 Å². The Morgan fingerprint density at radius 1 is 1.06 bits per heavy atom. The van der Waals surface area contributed by atoms with Crippen LogP contribution in [0.25, 0.3) is 0 Å². The standard InChI is InChI=1S/C14H22ClN/c1-2-3-4-5-8-11-16-14-10-7-6-9-13(14)12-15/h6-7,9-10,16H,2-5,8,11-12H2,1H3. The highest BCUT2D eigenvalue weighted by atomic mass is 35.5. The fourth-order valence-electron chi connectivity index (χ4n) is 1.76. The largest absolute Gasteiger partial charge is 0.385 e. The molecule has 0 amide bonds. The van der Waals surface area contributed by atoms with Gasteiger partial charge in [-0.1, -0.05) is 50.8 Å². The van der Waals surface area contributed by atoms with E-state index in [1.54, 1.807) is 0 Å². The zero-order valence-electron chi connectivity index (χ0n) is 10.1. The second-order valence-corrected chi connectivity index (χ2v) is 4.40. The van der Waals surface area contributed by atoms with Crippen LogP contribution in [-0.4, -0.2) is 6.54 Å². The summed E-state index contributed by atoms with van der Waals surface area (Å²) in [5, 5.41) is 3.46. The van der Waals surface area contributed by atoms with Gasteiger partial charge in [-0.3, -0.25) is 0 Å². The molecular formula is C14H22ClN. The number of para-hydroxylation sites is 1. The summed E-state index contributed by atoms with van der Waals surface area (Å²) in [6.07, 6.45) is 6.59. The van der Waals surface area contributed by atoms with Crippen LogP contribution < -0.4 is 5.32 Å². The van der Waals surface area contributed by atoms with Gasteiger partial charge in [0, 0.05) is 18.1 Å². The van der Waals surface area contributed by atoms with E-state index in [4.69, 9.17) is 11.6 Å². The number of nitrogens with one attached hydrogen (secondary N) is 1. The molecule has 0 fully saturated rings. The van der Waals surface area contributed by atoms with Crippen molar-refractivity contribution < 1.29 is 0 Å². The number of anilines is 1. The van der Waals surface area contributed by atoms with Crippen molar-refractivity contribution in [2.45, 2.75) is 44.9 Å². The molecule has 0 saturated carbocycles. The van der Waals surface area contributed by atoms with Gasteiger partial charge in [-0.05, 0) is 18.1 Å². The molecule has 0 radical (unpaired) electrons. The lowest BCUT2D eigenvalue weighted by Gasteiger charge is -2.09. The highest BCUT2D eigenvalue weighted by Gasteiger charge is 1.98. The molecule has 0 bridgehead atoms. The molecule has 0 aromatic heterocycles. The second kappa shape index (κ2) is 8.46. The Morgan fingerprint density at radius 2 is 1.81 bits per heavy atom. The monoisotopic (exact) mass is 239 g/mol. The minimum Gasteiger partial charge on any atom is -0.385 e. The molecule has 2 heteroatoms. The number of benzene rings is 1. The minimum atomic E-state index is 0.582. The summed E-state index contributed by atoms with van der Waals surface area (Å²) in [5.41, 5.74) is 2.38. The fourth-order valence-corrected chi connectivity index (χ4v) is 1.99. The van der Waals surface area contributed by atoms with Gasteiger partial charge in [0.25, 0.3) is 0 Å². The third-order valence-corrected chi connectivity index (χ3v) is 3.05. The highest BCUT2D eigenvalue weighted by molar-refractivity contribution is 6.17. The third kappa shape index (κ3) is 4.89. The van der Waals surface area contributed by atoms with Crippen molar-refractivity contribution in [3.05, 3.63) is 29.8 Å². The van der Waals surface area contributed by atoms with Gasteiger partial charge in [-0.15, -0.1) is 11.6 Å². The van der Waals surface area contributed by atoms with E-state index in [0.29, 0.717) is 5.88 Å². The van der Waals surface area contributed by atoms with Crippen LogP contribution in [0.1, 0.15) is 44.6 Å². The van der Waals surface area contributed by atoms with Crippen LogP contribution in [0.3, 0.4) is 0 Å². The maximum Gasteiger partial charge on any atom is 0.0494 e. The van der Waals surface area contributed by atoms with Gasteiger partial charge in [0.05, 0.1) is 0 Å². The first-order valence-corrected chi connectivity index (χ1v) is 6.79. The van der Waals surface area contributed by atoms with Crippen molar-refractivity contribution in [3.63, 3.8) is 0 Å². The summed E-state index contributed by atoms with van der Waals surface area (Å²) in [7, 11) is 0. The van der Waals surface area contributed by atoms with Crippen molar-refractivity contribution in [1.29, 1.82) is 0 Å². The van der Waals surface area contributed by atoms with Crippen LogP contribution in [0.15, 0.2) is 24.3 Å². The molecule has 0 aliphatic heterocycles. The summed E-state index contributed by atoms with van der Waals surface area (Å²) in [6.45, 7) is 3.30. The third-order valence-electron chi connectivity index (χ3n) is 2.76. The Bertz CT molecular complexity index is 286. The van der Waals surface area contributed by atoms with Crippen LogP contribution in [0, 0.1) is 0 Å². The zero-order valence-corrected chi connectivity index (χ0v) is 10.9. The van der Waals surface area contributed by atoms with Gasteiger partial charge in [-0.25, -0.2) is 0 Å². The molecule has 90 valence electrons. The molecule has 0 heterocycles. The SMILES string of the molecule is CCCCCCCNc1ccccc1CCl. The summed E-state index contributed by atoms with van der Waals surface area (Å²) in [6, 6.07) is 8.26. The van der Waals surface area contributed by atoms with Crippen LogP contribution in [-0.2, 0) is 5.88 Å². The number of hydrogen-bond donors (Lipinski definition) is 1. The van der Waals surface area contributed by atoms with Crippen molar-refractivity contribution in [2.24, 2.45) is 0 Å². The molecule has 1 rings (SSSR count). The molecule has 0 atom stereocenters. The maximum absolute atomic E-state index is 5.87. The molecule has 0 aliphatic carbocycles. The van der Waals surface area contributed by atoms with Gasteiger partial charge in [0.15, 0.2) is 0 Å². The smallest absolute Gasteiger partial charge is 0.0494 e. The molecule has 1 N–H and O–H groups in total. The number of rotatable bonds is 8. The first-order chi connectivity index (χ1) is 7.88. The van der Waals surface area contributed by atoms with Crippen molar-refractivity contribution in [3.8, 4) is 0 Å². The van der Waals surface area contributed by atoms with E-state index in [1.807, 2.05) is 6.07 Å². The average Bonchev–Trinajstić information content (AvgIpc) is 2.34. The van der Waals surface area contributed by atoms with Crippen LogP contribution in [0.5, 0.6) is 0 Å². The molecule has 0 saturated heterocycles. The van der Waals surface area contributed by atoms with Gasteiger partial charge >= 0.3 is 0 Å². The predicted molar refractivity (Wildman–Crippen MR) is 73.2 cm³/mol. The number of halogens is 1. The molecule has 0 aliphatic rings. The summed E-state index contributed by atoms with van der Waals surface area (Å²) in [5.74, 6) is 0.582. The van der Waals surface area contributed by atoms with E-state index in [1.165, 1.54) is 43.4 Å². The number of unbranched alkanes of at least 4 members (excludes halogenated alkanes) is 4. The van der Waals surface area contributed by atoms with E-state index in [9.17, 15) is 0 Å². The maximum atomic E-state index is 5.87. The molecule has 0 unspecified atom stereocenters. The molecule has 0 spiro atoms. The predicted octanol–water partition coefficient (Wildman–Crippen LogP) is 4.81. The van der Waals surface area contributed by atoms with Crippen LogP contribution >= 0.6 is 11.6 Å². The molecular weight excluding hydrogens is 218 g/mol. The molecule has 1 nitrogen and oxygen atoms in total. The lowest BCUT2D eigenvalue weighted by Crippen LogP contribution is -2.03. The Hall–Kier alpha value is -0.690. The Labute approximate surface area is 104 Å². The van der Waals surface area contributed by atoms with Crippen molar-refractivity contribution >= 4 is 17.3 Å². The van der Waals surface area contributed by atoms with E-state index >= 15 is 0 Å². The average molecular weight is 240 g/mol. The summed E-state index contributed by atoms with van der Waals surface area (Å²) >= 11 is 5.87. The Morgan fingerprint density at radius 3 is 2.56 bits per heavy atom. The van der Waals surface area contributed by atoms with Gasteiger partial charge in [-0.2, -0.15) is 0 Å².